The summed E-state index contributed by atoms with van der Waals surface area (Å²) in [6.45, 7) is 1.55. The Balaban J connectivity index is 1.64. The van der Waals surface area contributed by atoms with Gasteiger partial charge in [0.2, 0.25) is 5.91 Å². The van der Waals surface area contributed by atoms with Crippen LogP contribution < -0.4 is 0 Å². The van der Waals surface area contributed by atoms with Gasteiger partial charge in [0.1, 0.15) is 0 Å². The smallest absolute Gasteiger partial charge is 0.227 e. The first-order chi connectivity index (χ1) is 10.2. The molecule has 0 radical (unpaired) electrons. The van der Waals surface area contributed by atoms with Gasteiger partial charge >= 0.3 is 0 Å². The molecule has 0 bridgehead atoms. The summed E-state index contributed by atoms with van der Waals surface area (Å²) in [6, 6.07) is 11.7. The molecule has 1 saturated heterocycles. The van der Waals surface area contributed by atoms with Gasteiger partial charge < -0.3 is 4.90 Å². The summed E-state index contributed by atoms with van der Waals surface area (Å²) in [7, 11) is 0. The van der Waals surface area contributed by atoms with E-state index in [1.54, 1.807) is 12.4 Å². The van der Waals surface area contributed by atoms with Crippen LogP contribution in [0, 0.1) is 0 Å². The van der Waals surface area contributed by atoms with E-state index in [1.807, 2.05) is 35.2 Å². The second-order valence-electron chi connectivity index (χ2n) is 5.38. The first kappa shape index (κ1) is 14.1. The fourth-order valence-electron chi connectivity index (χ4n) is 2.84. The lowest BCUT2D eigenvalue weighted by Gasteiger charge is -2.17. The lowest BCUT2D eigenvalue weighted by atomic mass is 9.98. The first-order valence-electron chi connectivity index (χ1n) is 7.15. The molecule has 2 aromatic rings. The molecule has 1 atom stereocenters. The van der Waals surface area contributed by atoms with Crippen molar-refractivity contribution < 1.29 is 4.79 Å². The minimum atomic E-state index is 0.164. The summed E-state index contributed by atoms with van der Waals surface area (Å²) >= 11 is 6.25. The Morgan fingerprint density at radius 3 is 2.90 bits per heavy atom. The van der Waals surface area contributed by atoms with Gasteiger partial charge in [-0.2, -0.15) is 0 Å². The summed E-state index contributed by atoms with van der Waals surface area (Å²) in [5.74, 6) is 0.508. The van der Waals surface area contributed by atoms with E-state index in [1.165, 1.54) is 0 Å². The molecule has 0 aliphatic carbocycles. The molecule has 1 aromatic heterocycles. The van der Waals surface area contributed by atoms with E-state index in [0.717, 1.165) is 35.7 Å². The Bertz CT molecular complexity index is 630. The number of halogens is 1. The Kier molecular flexibility index (Phi) is 4.20. The third kappa shape index (κ3) is 3.24. The number of benzene rings is 1. The molecule has 1 aliphatic rings. The van der Waals surface area contributed by atoms with Crippen molar-refractivity contribution in [3.05, 3.63) is 64.9 Å². The molecule has 1 fully saturated rings. The van der Waals surface area contributed by atoms with Crippen molar-refractivity contribution >= 4 is 17.5 Å². The fourth-order valence-corrected chi connectivity index (χ4v) is 3.13. The monoisotopic (exact) mass is 300 g/mol. The third-order valence-electron chi connectivity index (χ3n) is 3.96. The number of nitrogens with zero attached hydrogens (tertiary/aromatic N) is 2. The summed E-state index contributed by atoms with van der Waals surface area (Å²) in [4.78, 5) is 18.3. The molecule has 1 aliphatic heterocycles. The minimum Gasteiger partial charge on any atom is -0.342 e. The van der Waals surface area contributed by atoms with E-state index < -0.39 is 0 Å². The van der Waals surface area contributed by atoms with Crippen LogP contribution in [-0.2, 0) is 11.2 Å². The van der Waals surface area contributed by atoms with Gasteiger partial charge in [-0.3, -0.25) is 9.78 Å². The zero-order valence-corrected chi connectivity index (χ0v) is 12.5. The highest BCUT2D eigenvalue weighted by molar-refractivity contribution is 6.31. The number of aromatic nitrogens is 1. The van der Waals surface area contributed by atoms with Crippen LogP contribution in [0.4, 0.5) is 0 Å². The van der Waals surface area contributed by atoms with E-state index in [2.05, 4.69) is 11.1 Å². The van der Waals surface area contributed by atoms with Crippen molar-refractivity contribution in [1.82, 2.24) is 9.88 Å². The molecule has 1 amide bonds. The van der Waals surface area contributed by atoms with Crippen LogP contribution in [0.2, 0.25) is 5.02 Å². The predicted molar refractivity (Wildman–Crippen MR) is 83.3 cm³/mol. The molecule has 2 heterocycles. The van der Waals surface area contributed by atoms with Gasteiger partial charge in [0.15, 0.2) is 0 Å². The Morgan fingerprint density at radius 1 is 1.29 bits per heavy atom. The zero-order chi connectivity index (χ0) is 14.7. The van der Waals surface area contributed by atoms with Crippen LogP contribution in [0.15, 0.2) is 48.8 Å². The zero-order valence-electron chi connectivity index (χ0n) is 11.7. The maximum absolute atomic E-state index is 12.3. The van der Waals surface area contributed by atoms with Gasteiger partial charge in [0.25, 0.3) is 0 Å². The maximum atomic E-state index is 12.3. The van der Waals surface area contributed by atoms with Crippen LogP contribution in [0.1, 0.15) is 23.5 Å². The van der Waals surface area contributed by atoms with E-state index in [-0.39, 0.29) is 5.91 Å². The van der Waals surface area contributed by atoms with E-state index in [4.69, 9.17) is 11.6 Å². The summed E-state index contributed by atoms with van der Waals surface area (Å²) in [5, 5.41) is 0.795. The fraction of sp³-hybridized carbons (Fsp3) is 0.294. The molecule has 3 rings (SSSR count). The van der Waals surface area contributed by atoms with Crippen molar-refractivity contribution in [1.29, 1.82) is 0 Å². The van der Waals surface area contributed by atoms with Crippen LogP contribution in [0.5, 0.6) is 0 Å². The van der Waals surface area contributed by atoms with Gasteiger partial charge in [-0.1, -0.05) is 35.9 Å². The topological polar surface area (TPSA) is 33.2 Å². The quantitative estimate of drug-likeness (QED) is 0.871. The van der Waals surface area contributed by atoms with Gasteiger partial charge in [-0.15, -0.1) is 0 Å². The molecule has 0 unspecified atom stereocenters. The molecular formula is C17H17ClN2O. The highest BCUT2D eigenvalue weighted by Crippen LogP contribution is 2.32. The second kappa shape index (κ2) is 6.27. The number of hydrogen-bond acceptors (Lipinski definition) is 2. The minimum absolute atomic E-state index is 0.164. The van der Waals surface area contributed by atoms with E-state index >= 15 is 0 Å². The average molecular weight is 301 g/mol. The molecule has 3 nitrogen and oxygen atoms in total. The normalized spacial score (nSPS) is 18.0. The van der Waals surface area contributed by atoms with Gasteiger partial charge in [-0.05, 0) is 29.7 Å². The number of pyridine rings is 1. The number of likely N-dealkylation sites (tertiary alicyclic amines) is 1. The Labute approximate surface area is 129 Å². The Hall–Kier alpha value is -1.87. The maximum Gasteiger partial charge on any atom is 0.227 e. The Morgan fingerprint density at radius 2 is 2.14 bits per heavy atom. The summed E-state index contributed by atoms with van der Waals surface area (Å²) < 4.78 is 0. The summed E-state index contributed by atoms with van der Waals surface area (Å²) in [6.07, 6.45) is 4.86. The second-order valence-corrected chi connectivity index (χ2v) is 5.79. The number of hydrogen-bond donors (Lipinski definition) is 0. The number of amides is 1. The molecule has 21 heavy (non-hydrogen) atoms. The molecule has 108 valence electrons. The molecule has 1 aromatic carbocycles. The third-order valence-corrected chi connectivity index (χ3v) is 4.31. The van der Waals surface area contributed by atoms with Crippen LogP contribution in [0.25, 0.3) is 0 Å². The van der Waals surface area contributed by atoms with Crippen molar-refractivity contribution in [3.8, 4) is 0 Å². The number of carbonyl (C=O) groups excluding carboxylic acids is 1. The average Bonchev–Trinajstić information content (AvgIpc) is 2.98. The van der Waals surface area contributed by atoms with E-state index in [0.29, 0.717) is 12.3 Å². The SMILES string of the molecule is O=C(Cc1cccnc1)N1CC[C@@H](c2ccccc2Cl)C1. The summed E-state index contributed by atoms with van der Waals surface area (Å²) in [5.41, 5.74) is 2.11. The molecule has 0 saturated carbocycles. The van der Waals surface area contributed by atoms with Crippen LogP contribution in [-0.4, -0.2) is 28.9 Å². The van der Waals surface area contributed by atoms with Crippen molar-refractivity contribution in [2.75, 3.05) is 13.1 Å². The molecule has 0 N–H and O–H groups in total. The largest absolute Gasteiger partial charge is 0.342 e. The first-order valence-corrected chi connectivity index (χ1v) is 7.53. The predicted octanol–water partition coefficient (Wildman–Crippen LogP) is 3.29. The van der Waals surface area contributed by atoms with Gasteiger partial charge in [0, 0.05) is 36.4 Å². The lowest BCUT2D eigenvalue weighted by Crippen LogP contribution is -2.29. The number of carbonyl (C=O) groups is 1. The van der Waals surface area contributed by atoms with Crippen molar-refractivity contribution in [2.45, 2.75) is 18.8 Å². The highest BCUT2D eigenvalue weighted by atomic mass is 35.5. The van der Waals surface area contributed by atoms with Crippen molar-refractivity contribution in [2.24, 2.45) is 0 Å². The van der Waals surface area contributed by atoms with Crippen LogP contribution in [0.3, 0.4) is 0 Å². The lowest BCUT2D eigenvalue weighted by molar-refractivity contribution is -0.129. The van der Waals surface area contributed by atoms with Gasteiger partial charge in [-0.25, -0.2) is 0 Å². The van der Waals surface area contributed by atoms with Crippen molar-refractivity contribution in [3.63, 3.8) is 0 Å². The van der Waals surface area contributed by atoms with Crippen LogP contribution >= 0.6 is 11.6 Å². The molecule has 0 spiro atoms. The number of rotatable bonds is 3. The molecular weight excluding hydrogens is 284 g/mol. The van der Waals surface area contributed by atoms with E-state index in [9.17, 15) is 4.79 Å². The standard InChI is InChI=1S/C17H17ClN2O/c18-16-6-2-1-5-15(16)14-7-9-20(12-14)17(21)10-13-4-3-8-19-11-13/h1-6,8,11,14H,7,9-10,12H2/t14-/m1/s1. The highest BCUT2D eigenvalue weighted by Gasteiger charge is 2.28. The van der Waals surface area contributed by atoms with Gasteiger partial charge in [0.05, 0.1) is 6.42 Å². The molecule has 4 heteroatoms.